The molecule has 2 aliphatic rings. The minimum Gasteiger partial charge on any atom is -0.367 e. The second-order valence-electron chi connectivity index (χ2n) is 8.14. The van der Waals surface area contributed by atoms with Crippen molar-refractivity contribution >= 4 is 5.91 Å². The average Bonchev–Trinajstić information content (AvgIpc) is 2.89. The van der Waals surface area contributed by atoms with Crippen LogP contribution in [0, 0.1) is 5.92 Å². The lowest BCUT2D eigenvalue weighted by molar-refractivity contribution is -0.125. The second-order valence-corrected chi connectivity index (χ2v) is 8.14. The van der Waals surface area contributed by atoms with Gasteiger partial charge in [-0.25, -0.2) is 0 Å². The maximum Gasteiger partial charge on any atom is 0.229 e. The number of ether oxygens (including phenoxy) is 1. The standard InChI is InChI=1S/C17H27N3O2/c1-10-6-11-9-18-20-14(11)12(7-10)15(21)19-13-8-16(2,3)22-17(13,4)5/h9-10,12-13H,6-8H2,1-5H3,(H,18,20)(H,19,21)/t10-,12+,13-/m1/s1. The van der Waals surface area contributed by atoms with Crippen molar-refractivity contribution in [1.29, 1.82) is 0 Å². The van der Waals surface area contributed by atoms with Crippen LogP contribution in [0.25, 0.3) is 0 Å². The lowest BCUT2D eigenvalue weighted by Gasteiger charge is -2.31. The van der Waals surface area contributed by atoms with E-state index in [1.807, 2.05) is 6.20 Å². The Balaban J connectivity index is 1.76. The molecule has 2 heterocycles. The number of hydrogen-bond acceptors (Lipinski definition) is 3. The predicted molar refractivity (Wildman–Crippen MR) is 84.6 cm³/mol. The summed E-state index contributed by atoms with van der Waals surface area (Å²) in [6, 6.07) is 0.0404. The minimum absolute atomic E-state index is 0.0404. The first-order valence-corrected chi connectivity index (χ1v) is 8.21. The lowest BCUT2D eigenvalue weighted by Crippen LogP contribution is -2.48. The number of carbonyl (C=O) groups is 1. The third kappa shape index (κ3) is 2.78. The summed E-state index contributed by atoms with van der Waals surface area (Å²) in [4.78, 5) is 12.8. The number of rotatable bonds is 2. The molecule has 0 bridgehead atoms. The fourth-order valence-electron chi connectivity index (χ4n) is 4.06. The van der Waals surface area contributed by atoms with Gasteiger partial charge in [-0.2, -0.15) is 5.10 Å². The van der Waals surface area contributed by atoms with E-state index in [-0.39, 0.29) is 29.1 Å². The Morgan fingerprint density at radius 1 is 1.41 bits per heavy atom. The summed E-state index contributed by atoms with van der Waals surface area (Å²) in [6.45, 7) is 10.5. The number of fused-ring (bicyclic) bond motifs is 1. The third-order valence-corrected chi connectivity index (χ3v) is 5.01. The van der Waals surface area contributed by atoms with Crippen LogP contribution >= 0.6 is 0 Å². The third-order valence-electron chi connectivity index (χ3n) is 5.01. The Bertz CT molecular complexity index is 576. The molecule has 1 aromatic heterocycles. The van der Waals surface area contributed by atoms with Crippen molar-refractivity contribution in [3.05, 3.63) is 17.5 Å². The van der Waals surface area contributed by atoms with Crippen molar-refractivity contribution in [2.45, 2.75) is 77.0 Å². The van der Waals surface area contributed by atoms with Gasteiger partial charge in [-0.05, 0) is 58.4 Å². The van der Waals surface area contributed by atoms with Crippen molar-refractivity contribution in [3.8, 4) is 0 Å². The molecule has 1 aliphatic heterocycles. The van der Waals surface area contributed by atoms with E-state index >= 15 is 0 Å². The maximum absolute atomic E-state index is 12.8. The van der Waals surface area contributed by atoms with Crippen molar-refractivity contribution in [3.63, 3.8) is 0 Å². The van der Waals surface area contributed by atoms with Gasteiger partial charge < -0.3 is 10.1 Å². The van der Waals surface area contributed by atoms with E-state index in [0.29, 0.717) is 5.92 Å². The van der Waals surface area contributed by atoms with Crippen LogP contribution in [-0.2, 0) is 16.0 Å². The monoisotopic (exact) mass is 305 g/mol. The van der Waals surface area contributed by atoms with Gasteiger partial charge in [0, 0.05) is 0 Å². The largest absolute Gasteiger partial charge is 0.367 e. The summed E-state index contributed by atoms with van der Waals surface area (Å²) >= 11 is 0. The first kappa shape index (κ1) is 15.5. The quantitative estimate of drug-likeness (QED) is 0.882. The number of aromatic nitrogens is 2. The van der Waals surface area contributed by atoms with Crippen molar-refractivity contribution in [2.75, 3.05) is 0 Å². The molecule has 0 aromatic carbocycles. The van der Waals surface area contributed by atoms with E-state index in [1.165, 1.54) is 5.56 Å². The van der Waals surface area contributed by atoms with Gasteiger partial charge in [0.05, 0.1) is 35.1 Å². The van der Waals surface area contributed by atoms with Gasteiger partial charge in [-0.1, -0.05) is 6.92 Å². The van der Waals surface area contributed by atoms with E-state index < -0.39 is 0 Å². The Kier molecular flexibility index (Phi) is 3.59. The summed E-state index contributed by atoms with van der Waals surface area (Å²) < 4.78 is 6.08. The van der Waals surface area contributed by atoms with Gasteiger partial charge in [0.2, 0.25) is 5.91 Å². The zero-order chi connectivity index (χ0) is 16.1. The van der Waals surface area contributed by atoms with Gasteiger partial charge >= 0.3 is 0 Å². The Morgan fingerprint density at radius 3 is 2.77 bits per heavy atom. The highest BCUT2D eigenvalue weighted by Crippen LogP contribution is 2.38. The first-order chi connectivity index (χ1) is 10.2. The molecule has 0 saturated carbocycles. The van der Waals surface area contributed by atoms with Crippen molar-refractivity contribution < 1.29 is 9.53 Å². The summed E-state index contributed by atoms with van der Waals surface area (Å²) in [7, 11) is 0. The van der Waals surface area contributed by atoms with Crippen LogP contribution < -0.4 is 5.32 Å². The molecule has 0 spiro atoms. The van der Waals surface area contributed by atoms with Crippen LogP contribution in [0.15, 0.2) is 6.20 Å². The summed E-state index contributed by atoms with van der Waals surface area (Å²) in [5.41, 5.74) is 1.64. The lowest BCUT2D eigenvalue weighted by atomic mass is 9.80. The molecule has 1 fully saturated rings. The SMILES string of the molecule is C[C@@H]1Cc2cn[nH]c2[C@@H](C(=O)N[C@@H]2CC(C)(C)OC2(C)C)C1. The van der Waals surface area contributed by atoms with E-state index in [1.54, 1.807) is 0 Å². The molecule has 3 atom stereocenters. The average molecular weight is 305 g/mol. The van der Waals surface area contributed by atoms with Crippen LogP contribution in [0.5, 0.6) is 0 Å². The number of hydrogen-bond donors (Lipinski definition) is 2. The molecule has 122 valence electrons. The molecule has 22 heavy (non-hydrogen) atoms. The molecule has 5 heteroatoms. The smallest absolute Gasteiger partial charge is 0.229 e. The molecule has 1 amide bonds. The normalized spacial score (nSPS) is 32.5. The van der Waals surface area contributed by atoms with E-state index in [9.17, 15) is 4.79 Å². The molecule has 5 nitrogen and oxygen atoms in total. The van der Waals surface area contributed by atoms with Crippen LogP contribution in [0.2, 0.25) is 0 Å². The van der Waals surface area contributed by atoms with Gasteiger partial charge in [-0.15, -0.1) is 0 Å². The molecule has 2 N–H and O–H groups in total. The van der Waals surface area contributed by atoms with Crippen molar-refractivity contribution in [2.24, 2.45) is 5.92 Å². The number of amides is 1. The van der Waals surface area contributed by atoms with Gasteiger partial charge in [0.25, 0.3) is 0 Å². The zero-order valence-electron chi connectivity index (χ0n) is 14.2. The predicted octanol–water partition coefficient (Wildman–Crippen LogP) is 2.54. The number of carbonyl (C=O) groups excluding carboxylic acids is 1. The number of nitrogens with one attached hydrogen (secondary N) is 2. The molecule has 0 radical (unpaired) electrons. The van der Waals surface area contributed by atoms with Crippen LogP contribution in [-0.4, -0.2) is 33.3 Å². The number of aromatic amines is 1. The van der Waals surface area contributed by atoms with Crippen LogP contribution in [0.4, 0.5) is 0 Å². The Labute approximate surface area is 132 Å². The van der Waals surface area contributed by atoms with Crippen molar-refractivity contribution in [1.82, 2.24) is 15.5 Å². The Hall–Kier alpha value is -1.36. The van der Waals surface area contributed by atoms with Gasteiger partial charge in [0.15, 0.2) is 0 Å². The summed E-state index contributed by atoms with van der Waals surface area (Å²) in [5, 5.41) is 10.4. The van der Waals surface area contributed by atoms with Gasteiger partial charge in [-0.3, -0.25) is 9.89 Å². The zero-order valence-corrected chi connectivity index (χ0v) is 14.2. The second kappa shape index (κ2) is 5.08. The molecule has 1 aromatic rings. The molecule has 1 saturated heterocycles. The minimum atomic E-state index is -0.337. The van der Waals surface area contributed by atoms with E-state index in [2.05, 4.69) is 50.1 Å². The molecule has 1 aliphatic carbocycles. The fraction of sp³-hybridized carbons (Fsp3) is 0.765. The topological polar surface area (TPSA) is 67.0 Å². The summed E-state index contributed by atoms with van der Waals surface area (Å²) in [5.74, 6) is 0.474. The maximum atomic E-state index is 12.8. The van der Waals surface area contributed by atoms with Gasteiger partial charge in [0.1, 0.15) is 0 Å². The highest BCUT2D eigenvalue weighted by atomic mass is 16.5. The Morgan fingerprint density at radius 2 is 2.14 bits per heavy atom. The number of nitrogens with zero attached hydrogens (tertiary/aromatic N) is 1. The van der Waals surface area contributed by atoms with E-state index in [0.717, 1.165) is 25.0 Å². The van der Waals surface area contributed by atoms with Crippen LogP contribution in [0.1, 0.15) is 64.6 Å². The highest BCUT2D eigenvalue weighted by molar-refractivity contribution is 5.84. The number of H-pyrrole nitrogens is 1. The highest BCUT2D eigenvalue weighted by Gasteiger charge is 2.47. The molecule has 0 unspecified atom stereocenters. The van der Waals surface area contributed by atoms with E-state index in [4.69, 9.17) is 4.74 Å². The first-order valence-electron chi connectivity index (χ1n) is 8.21. The summed E-state index contributed by atoms with van der Waals surface area (Å²) in [6.07, 6.45) is 4.57. The fourth-order valence-corrected chi connectivity index (χ4v) is 4.06. The molecular formula is C17H27N3O2. The van der Waals surface area contributed by atoms with Crippen LogP contribution in [0.3, 0.4) is 0 Å². The molecule has 3 rings (SSSR count). The molecular weight excluding hydrogens is 278 g/mol.